The highest BCUT2D eigenvalue weighted by Gasteiger charge is 2.34. The van der Waals surface area contributed by atoms with Gasteiger partial charge in [-0.1, -0.05) is 25.1 Å². The van der Waals surface area contributed by atoms with Crippen LogP contribution < -0.4 is 5.32 Å². The topological polar surface area (TPSA) is 89.2 Å². The first-order chi connectivity index (χ1) is 12.0. The average molecular weight is 338 g/mol. The zero-order valence-corrected chi connectivity index (χ0v) is 14.5. The SMILES string of the molecule is CCN(CC(=O)O)C1CC(Nc2nc3ccccc3c(C)c2C#N)C1. The number of nitrogens with zero attached hydrogens (tertiary/aromatic N) is 3. The first kappa shape index (κ1) is 17.2. The number of benzene rings is 1. The zero-order chi connectivity index (χ0) is 18.0. The van der Waals surface area contributed by atoms with E-state index in [2.05, 4.69) is 16.4 Å². The highest BCUT2D eigenvalue weighted by molar-refractivity contribution is 5.87. The van der Waals surface area contributed by atoms with Crippen LogP contribution in [-0.2, 0) is 4.79 Å². The zero-order valence-electron chi connectivity index (χ0n) is 14.5. The molecule has 1 fully saturated rings. The quantitative estimate of drug-likeness (QED) is 0.842. The number of aliphatic carboxylic acids is 1. The van der Waals surface area contributed by atoms with Gasteiger partial charge in [-0.05, 0) is 37.9 Å². The molecule has 0 unspecified atom stereocenters. The summed E-state index contributed by atoms with van der Waals surface area (Å²) in [6.07, 6.45) is 1.72. The van der Waals surface area contributed by atoms with Gasteiger partial charge in [-0.25, -0.2) is 4.98 Å². The molecule has 1 aliphatic rings. The summed E-state index contributed by atoms with van der Waals surface area (Å²) in [5.41, 5.74) is 2.39. The van der Waals surface area contributed by atoms with Crippen molar-refractivity contribution in [1.82, 2.24) is 9.88 Å². The number of anilines is 1. The number of rotatable bonds is 6. The highest BCUT2D eigenvalue weighted by atomic mass is 16.4. The number of nitriles is 1. The molecule has 6 heteroatoms. The molecule has 6 nitrogen and oxygen atoms in total. The summed E-state index contributed by atoms with van der Waals surface area (Å²) in [6, 6.07) is 10.6. The molecule has 0 amide bonds. The molecule has 1 heterocycles. The molecule has 2 N–H and O–H groups in total. The van der Waals surface area contributed by atoms with Crippen LogP contribution in [0.15, 0.2) is 24.3 Å². The fraction of sp³-hybridized carbons (Fsp3) is 0.421. The number of pyridine rings is 1. The molecule has 2 aromatic rings. The number of carbonyl (C=O) groups is 1. The van der Waals surface area contributed by atoms with Gasteiger partial charge in [0.25, 0.3) is 0 Å². The van der Waals surface area contributed by atoms with E-state index in [0.717, 1.165) is 35.9 Å². The number of aromatic nitrogens is 1. The number of aryl methyl sites for hydroxylation is 1. The van der Waals surface area contributed by atoms with Gasteiger partial charge in [0.2, 0.25) is 0 Å². The number of para-hydroxylation sites is 1. The minimum absolute atomic E-state index is 0.0741. The molecule has 1 saturated carbocycles. The lowest BCUT2D eigenvalue weighted by Gasteiger charge is -2.42. The van der Waals surface area contributed by atoms with Crippen molar-refractivity contribution in [2.45, 2.75) is 38.8 Å². The Morgan fingerprint density at radius 1 is 1.44 bits per heavy atom. The molecule has 0 saturated heterocycles. The fourth-order valence-electron chi connectivity index (χ4n) is 3.49. The normalized spacial score (nSPS) is 19.4. The van der Waals surface area contributed by atoms with Gasteiger partial charge in [0, 0.05) is 17.5 Å². The summed E-state index contributed by atoms with van der Waals surface area (Å²) >= 11 is 0. The van der Waals surface area contributed by atoms with E-state index in [1.807, 2.05) is 43.0 Å². The third-order valence-electron chi connectivity index (χ3n) is 4.98. The predicted octanol–water partition coefficient (Wildman–Crippen LogP) is 2.76. The first-order valence-electron chi connectivity index (χ1n) is 8.55. The second-order valence-electron chi connectivity index (χ2n) is 6.51. The van der Waals surface area contributed by atoms with E-state index in [1.165, 1.54) is 0 Å². The molecule has 0 radical (unpaired) electrons. The van der Waals surface area contributed by atoms with Crippen LogP contribution in [0.25, 0.3) is 10.9 Å². The Hall–Kier alpha value is -2.65. The molecule has 130 valence electrons. The summed E-state index contributed by atoms with van der Waals surface area (Å²) in [5.74, 6) is -0.166. The van der Waals surface area contributed by atoms with Crippen molar-refractivity contribution in [3.63, 3.8) is 0 Å². The number of hydrogen-bond donors (Lipinski definition) is 2. The molecule has 25 heavy (non-hydrogen) atoms. The maximum atomic E-state index is 10.9. The van der Waals surface area contributed by atoms with Crippen molar-refractivity contribution in [3.05, 3.63) is 35.4 Å². The van der Waals surface area contributed by atoms with Gasteiger partial charge in [0.15, 0.2) is 0 Å². The third kappa shape index (κ3) is 3.42. The summed E-state index contributed by atoms with van der Waals surface area (Å²) < 4.78 is 0. The lowest BCUT2D eigenvalue weighted by Crippen LogP contribution is -2.51. The lowest BCUT2D eigenvalue weighted by molar-refractivity contribution is -0.139. The van der Waals surface area contributed by atoms with Crippen molar-refractivity contribution < 1.29 is 9.90 Å². The maximum Gasteiger partial charge on any atom is 0.317 e. The average Bonchev–Trinajstić information content (AvgIpc) is 2.56. The van der Waals surface area contributed by atoms with Gasteiger partial charge in [0.1, 0.15) is 11.9 Å². The van der Waals surface area contributed by atoms with Gasteiger partial charge in [-0.15, -0.1) is 0 Å². The minimum atomic E-state index is -0.795. The minimum Gasteiger partial charge on any atom is -0.480 e. The Kier molecular flexibility index (Phi) is 4.86. The van der Waals surface area contributed by atoms with Crippen LogP contribution in [0, 0.1) is 18.3 Å². The van der Waals surface area contributed by atoms with Gasteiger partial charge in [-0.2, -0.15) is 5.26 Å². The Bertz CT molecular complexity index is 837. The molecule has 0 spiro atoms. The Balaban J connectivity index is 1.75. The number of nitrogens with one attached hydrogen (secondary N) is 1. The number of carboxylic acids is 1. The second kappa shape index (κ2) is 7.08. The molecule has 3 rings (SSSR count). The monoisotopic (exact) mass is 338 g/mol. The maximum absolute atomic E-state index is 10.9. The number of carboxylic acid groups (broad SMARTS) is 1. The highest BCUT2D eigenvalue weighted by Crippen LogP contribution is 2.31. The molecule has 0 atom stereocenters. The van der Waals surface area contributed by atoms with Crippen LogP contribution >= 0.6 is 0 Å². The van der Waals surface area contributed by atoms with Crippen molar-refractivity contribution >= 4 is 22.7 Å². The summed E-state index contributed by atoms with van der Waals surface area (Å²) in [5, 5.41) is 22.9. The smallest absolute Gasteiger partial charge is 0.317 e. The summed E-state index contributed by atoms with van der Waals surface area (Å²) in [6.45, 7) is 4.72. The van der Waals surface area contributed by atoms with Crippen LogP contribution in [0.1, 0.15) is 30.9 Å². The molecule has 1 aliphatic carbocycles. The van der Waals surface area contributed by atoms with E-state index in [-0.39, 0.29) is 18.6 Å². The lowest BCUT2D eigenvalue weighted by atomic mass is 9.85. The third-order valence-corrected chi connectivity index (χ3v) is 4.98. The van der Waals surface area contributed by atoms with E-state index in [9.17, 15) is 10.1 Å². The van der Waals surface area contributed by atoms with Gasteiger partial charge in [0.05, 0.1) is 17.6 Å². The number of likely N-dealkylation sites (N-methyl/N-ethyl adjacent to an activating group) is 1. The van der Waals surface area contributed by atoms with Crippen molar-refractivity contribution in [2.75, 3.05) is 18.4 Å². The molecular formula is C19H22N4O2. The molecule has 0 bridgehead atoms. The van der Waals surface area contributed by atoms with Crippen LogP contribution in [0.4, 0.5) is 5.82 Å². The number of hydrogen-bond acceptors (Lipinski definition) is 5. The van der Waals surface area contributed by atoms with E-state index in [1.54, 1.807) is 0 Å². The Morgan fingerprint density at radius 3 is 2.80 bits per heavy atom. The summed E-state index contributed by atoms with van der Waals surface area (Å²) in [7, 11) is 0. The summed E-state index contributed by atoms with van der Waals surface area (Å²) in [4.78, 5) is 17.5. The van der Waals surface area contributed by atoms with Gasteiger partial charge in [-0.3, -0.25) is 9.69 Å². The van der Waals surface area contributed by atoms with Crippen LogP contribution in [0.5, 0.6) is 0 Å². The number of fused-ring (bicyclic) bond motifs is 1. The predicted molar refractivity (Wildman–Crippen MR) is 96.5 cm³/mol. The Labute approximate surface area is 147 Å². The van der Waals surface area contributed by atoms with Crippen LogP contribution in [0.2, 0.25) is 0 Å². The second-order valence-corrected chi connectivity index (χ2v) is 6.51. The van der Waals surface area contributed by atoms with Crippen molar-refractivity contribution in [2.24, 2.45) is 0 Å². The molecule has 1 aromatic carbocycles. The molecule has 1 aromatic heterocycles. The molecular weight excluding hydrogens is 316 g/mol. The van der Waals surface area contributed by atoms with E-state index < -0.39 is 5.97 Å². The fourth-order valence-corrected chi connectivity index (χ4v) is 3.49. The standard InChI is InChI=1S/C19H22N4O2/c1-3-23(11-18(24)25)14-8-13(9-14)21-19-16(10-20)12(2)15-6-4-5-7-17(15)22-19/h4-7,13-14H,3,8-9,11H2,1-2H3,(H,21,22)(H,24,25). The van der Waals surface area contributed by atoms with E-state index >= 15 is 0 Å². The van der Waals surface area contributed by atoms with E-state index in [4.69, 9.17) is 5.11 Å². The van der Waals surface area contributed by atoms with E-state index in [0.29, 0.717) is 11.4 Å². The van der Waals surface area contributed by atoms with Gasteiger partial charge < -0.3 is 10.4 Å². The van der Waals surface area contributed by atoms with Crippen molar-refractivity contribution in [3.8, 4) is 6.07 Å². The first-order valence-corrected chi connectivity index (χ1v) is 8.55. The van der Waals surface area contributed by atoms with Crippen LogP contribution in [0.3, 0.4) is 0 Å². The molecule has 0 aliphatic heterocycles. The van der Waals surface area contributed by atoms with Gasteiger partial charge >= 0.3 is 5.97 Å². The Morgan fingerprint density at radius 2 is 2.16 bits per heavy atom. The van der Waals surface area contributed by atoms with Crippen LogP contribution in [-0.4, -0.2) is 46.1 Å². The largest absolute Gasteiger partial charge is 0.480 e. The van der Waals surface area contributed by atoms with Crippen molar-refractivity contribution in [1.29, 1.82) is 5.26 Å².